The number of aryl methyl sites for hydroxylation is 2. The number of pyridine rings is 1. The Morgan fingerprint density at radius 1 is 1.03 bits per heavy atom. The first-order valence-corrected chi connectivity index (χ1v) is 11.9. The van der Waals surface area contributed by atoms with Crippen molar-refractivity contribution >= 4 is 40.2 Å². The number of carbonyl (C=O) groups is 1. The first-order chi connectivity index (χ1) is 17.2. The molecule has 188 valence electrons. The molecule has 4 aromatic rings. The Kier molecular flexibility index (Phi) is 7.49. The third-order valence-electron chi connectivity index (χ3n) is 5.71. The molecule has 0 spiro atoms. The molecule has 0 bridgehead atoms. The molecule has 0 fully saturated rings. The van der Waals surface area contributed by atoms with E-state index in [4.69, 9.17) is 16.6 Å². The van der Waals surface area contributed by atoms with Crippen molar-refractivity contribution in [2.24, 2.45) is 0 Å². The maximum absolute atomic E-state index is 13.2. The highest BCUT2D eigenvalue weighted by molar-refractivity contribution is 6.33. The maximum atomic E-state index is 13.2. The third-order valence-corrected chi connectivity index (χ3v) is 6.04. The van der Waals surface area contributed by atoms with Gasteiger partial charge >= 0.3 is 12.2 Å². The van der Waals surface area contributed by atoms with Gasteiger partial charge in [0.1, 0.15) is 11.3 Å². The fraction of sp³-hybridized carbons (Fsp3) is 0.269. The van der Waals surface area contributed by atoms with Gasteiger partial charge in [-0.3, -0.25) is 0 Å². The number of benzene rings is 2. The van der Waals surface area contributed by atoms with Crippen LogP contribution in [0.4, 0.5) is 29.3 Å². The number of hydrogen-bond acceptors (Lipinski definition) is 3. The Labute approximate surface area is 211 Å². The Hall–Kier alpha value is -3.59. The van der Waals surface area contributed by atoms with Crippen LogP contribution in [-0.2, 0) is 19.1 Å². The summed E-state index contributed by atoms with van der Waals surface area (Å²) in [7, 11) is 0. The summed E-state index contributed by atoms with van der Waals surface area (Å²) in [6.45, 7) is 4.01. The largest absolute Gasteiger partial charge is 0.416 e. The van der Waals surface area contributed by atoms with Crippen LogP contribution in [0.25, 0.3) is 11.2 Å². The lowest BCUT2D eigenvalue weighted by Gasteiger charge is -2.13. The van der Waals surface area contributed by atoms with Gasteiger partial charge in [-0.25, -0.2) is 14.8 Å². The number of nitrogens with zero attached hydrogens (tertiary/aromatic N) is 3. The molecule has 2 amide bonds. The predicted octanol–water partition coefficient (Wildman–Crippen LogP) is 7.45. The fourth-order valence-electron chi connectivity index (χ4n) is 3.87. The number of amides is 2. The second-order valence-corrected chi connectivity index (χ2v) is 8.85. The van der Waals surface area contributed by atoms with Gasteiger partial charge in [-0.1, -0.05) is 49.2 Å². The number of rotatable bonds is 7. The molecule has 2 N–H and O–H groups in total. The molecule has 4 rings (SSSR count). The second kappa shape index (κ2) is 10.6. The van der Waals surface area contributed by atoms with Gasteiger partial charge < -0.3 is 15.2 Å². The van der Waals surface area contributed by atoms with Crippen LogP contribution in [0.2, 0.25) is 5.02 Å². The zero-order chi connectivity index (χ0) is 25.9. The maximum Gasteiger partial charge on any atom is 0.416 e. The molecule has 0 unspecified atom stereocenters. The summed E-state index contributed by atoms with van der Waals surface area (Å²) in [6, 6.07) is 13.4. The van der Waals surface area contributed by atoms with Crippen LogP contribution in [0, 0.1) is 6.92 Å². The summed E-state index contributed by atoms with van der Waals surface area (Å²) in [5.74, 6) is 0.730. The van der Waals surface area contributed by atoms with E-state index >= 15 is 0 Å². The lowest BCUT2D eigenvalue weighted by atomic mass is 10.1. The van der Waals surface area contributed by atoms with Crippen molar-refractivity contribution in [3.05, 3.63) is 82.3 Å². The highest BCUT2D eigenvalue weighted by Crippen LogP contribution is 2.30. The van der Waals surface area contributed by atoms with E-state index in [1.54, 1.807) is 43.3 Å². The number of urea groups is 1. The Morgan fingerprint density at radius 2 is 1.78 bits per heavy atom. The van der Waals surface area contributed by atoms with Crippen molar-refractivity contribution in [2.75, 3.05) is 10.6 Å². The summed E-state index contributed by atoms with van der Waals surface area (Å²) in [5, 5.41) is 5.89. The second-order valence-electron chi connectivity index (χ2n) is 8.44. The summed E-state index contributed by atoms with van der Waals surface area (Å²) in [5.41, 5.74) is 2.39. The molecule has 0 radical (unpaired) electrons. The molecular formula is C26H25ClF3N5O. The van der Waals surface area contributed by atoms with E-state index in [1.807, 2.05) is 4.57 Å². The number of unbranched alkanes of at least 4 members (excludes halogenated alkanes) is 1. The van der Waals surface area contributed by atoms with Crippen molar-refractivity contribution in [2.45, 2.75) is 45.8 Å². The highest BCUT2D eigenvalue weighted by atomic mass is 35.5. The van der Waals surface area contributed by atoms with Gasteiger partial charge in [-0.05, 0) is 49.2 Å². The van der Waals surface area contributed by atoms with E-state index in [-0.39, 0.29) is 6.54 Å². The molecule has 0 aliphatic carbocycles. The summed E-state index contributed by atoms with van der Waals surface area (Å²) in [6.07, 6.45) is -1.96. The topological polar surface area (TPSA) is 71.8 Å². The molecule has 0 atom stereocenters. The standard InChI is InChI=1S/C26H25ClF3N5O/c1-3-4-12-23-32-22-14-21(34-25(36)33-20-11-6-5-10-19(20)27)16(2)31-24(22)35(23)15-17-8-7-9-18(13-17)26(28,29)30/h5-11,13-14H,3-4,12,15H2,1-2H3,(H2,33,34,36). The quantitative estimate of drug-likeness (QED) is 0.268. The number of alkyl halides is 3. The number of imidazole rings is 1. The van der Waals surface area contributed by atoms with Crippen LogP contribution in [0.15, 0.2) is 54.6 Å². The first-order valence-electron chi connectivity index (χ1n) is 11.5. The minimum atomic E-state index is -4.42. The van der Waals surface area contributed by atoms with Gasteiger partial charge in [0, 0.05) is 6.42 Å². The minimum Gasteiger partial charge on any atom is -0.308 e. The molecule has 0 aliphatic heterocycles. The number of para-hydroxylation sites is 1. The smallest absolute Gasteiger partial charge is 0.308 e. The molecule has 0 saturated carbocycles. The monoisotopic (exact) mass is 515 g/mol. The zero-order valence-corrected chi connectivity index (χ0v) is 20.5. The lowest BCUT2D eigenvalue weighted by Crippen LogP contribution is -2.20. The van der Waals surface area contributed by atoms with Gasteiger partial charge in [0.2, 0.25) is 0 Å². The molecule has 10 heteroatoms. The SMILES string of the molecule is CCCCc1nc2cc(NC(=O)Nc3ccccc3Cl)c(C)nc2n1Cc1cccc(C(F)(F)F)c1. The van der Waals surface area contributed by atoms with Crippen LogP contribution in [-0.4, -0.2) is 20.6 Å². The number of aromatic nitrogens is 3. The lowest BCUT2D eigenvalue weighted by molar-refractivity contribution is -0.137. The van der Waals surface area contributed by atoms with Crippen molar-refractivity contribution < 1.29 is 18.0 Å². The van der Waals surface area contributed by atoms with Gasteiger partial charge in [0.05, 0.1) is 34.2 Å². The molecule has 0 aliphatic rings. The van der Waals surface area contributed by atoms with E-state index in [0.29, 0.717) is 45.2 Å². The zero-order valence-electron chi connectivity index (χ0n) is 19.8. The van der Waals surface area contributed by atoms with Crippen molar-refractivity contribution in [3.8, 4) is 0 Å². The average Bonchev–Trinajstić information content (AvgIpc) is 3.15. The van der Waals surface area contributed by atoms with Crippen molar-refractivity contribution in [1.82, 2.24) is 14.5 Å². The number of carbonyl (C=O) groups excluding carboxylic acids is 1. The van der Waals surface area contributed by atoms with Gasteiger partial charge in [-0.2, -0.15) is 13.2 Å². The van der Waals surface area contributed by atoms with Gasteiger partial charge in [0.15, 0.2) is 5.65 Å². The van der Waals surface area contributed by atoms with Crippen LogP contribution < -0.4 is 10.6 Å². The number of fused-ring (bicyclic) bond motifs is 1. The summed E-state index contributed by atoms with van der Waals surface area (Å²) < 4.78 is 41.5. The summed E-state index contributed by atoms with van der Waals surface area (Å²) >= 11 is 6.11. The number of hydrogen-bond donors (Lipinski definition) is 2. The normalized spacial score (nSPS) is 11.6. The molecule has 2 aromatic heterocycles. The van der Waals surface area contributed by atoms with Crippen LogP contribution in [0.3, 0.4) is 0 Å². The van der Waals surface area contributed by atoms with Crippen LogP contribution >= 0.6 is 11.6 Å². The number of nitrogens with one attached hydrogen (secondary N) is 2. The summed E-state index contributed by atoms with van der Waals surface area (Å²) in [4.78, 5) is 21.9. The molecule has 6 nitrogen and oxygen atoms in total. The van der Waals surface area contributed by atoms with Crippen molar-refractivity contribution in [1.29, 1.82) is 0 Å². The highest BCUT2D eigenvalue weighted by Gasteiger charge is 2.30. The van der Waals surface area contributed by atoms with Gasteiger partial charge in [0.25, 0.3) is 0 Å². The Morgan fingerprint density at radius 3 is 2.50 bits per heavy atom. The van der Waals surface area contributed by atoms with E-state index in [2.05, 4.69) is 22.5 Å². The third kappa shape index (κ3) is 5.79. The Balaban J connectivity index is 1.65. The van der Waals surface area contributed by atoms with E-state index in [0.717, 1.165) is 30.8 Å². The molecule has 0 saturated heterocycles. The fourth-order valence-corrected chi connectivity index (χ4v) is 4.05. The minimum absolute atomic E-state index is 0.200. The van der Waals surface area contributed by atoms with E-state index in [1.165, 1.54) is 6.07 Å². The molecule has 36 heavy (non-hydrogen) atoms. The first kappa shape index (κ1) is 25.5. The van der Waals surface area contributed by atoms with Crippen molar-refractivity contribution in [3.63, 3.8) is 0 Å². The average molecular weight is 516 g/mol. The number of anilines is 2. The Bertz CT molecular complexity index is 1400. The van der Waals surface area contributed by atoms with E-state index < -0.39 is 17.8 Å². The van der Waals surface area contributed by atoms with Crippen LogP contribution in [0.5, 0.6) is 0 Å². The predicted molar refractivity (Wildman–Crippen MR) is 136 cm³/mol. The van der Waals surface area contributed by atoms with E-state index in [9.17, 15) is 18.0 Å². The molecule has 2 aromatic carbocycles. The molecule has 2 heterocycles. The molecular weight excluding hydrogens is 491 g/mol. The van der Waals surface area contributed by atoms with Crippen LogP contribution in [0.1, 0.15) is 42.4 Å². The number of halogens is 4. The van der Waals surface area contributed by atoms with Gasteiger partial charge in [-0.15, -0.1) is 0 Å².